The van der Waals surface area contributed by atoms with Gasteiger partial charge in [0.1, 0.15) is 0 Å². The molecule has 28 heavy (non-hydrogen) atoms. The fourth-order valence-corrected chi connectivity index (χ4v) is 4.78. The van der Waals surface area contributed by atoms with E-state index in [2.05, 4.69) is 45.0 Å². The van der Waals surface area contributed by atoms with Crippen LogP contribution in [-0.2, 0) is 16.0 Å². The molecule has 146 valence electrons. The standard InChI is InChI=1S/C23H26N2O2S/c1-15-6-8-18(9-7-15)13-21(26)25(14-19-5-4-10-27-19)23-24-20-12-16(2)11-17(3)22(20)28-23/h6-9,11-12,19H,4-5,10,13-14H2,1-3H3. The summed E-state index contributed by atoms with van der Waals surface area (Å²) < 4.78 is 6.97. The van der Waals surface area contributed by atoms with Crippen LogP contribution in [0.1, 0.15) is 35.1 Å². The van der Waals surface area contributed by atoms with E-state index < -0.39 is 0 Å². The Bertz CT molecular complexity index is 988. The van der Waals surface area contributed by atoms with Crippen LogP contribution >= 0.6 is 11.3 Å². The minimum absolute atomic E-state index is 0.0767. The van der Waals surface area contributed by atoms with Gasteiger partial charge in [0.05, 0.1) is 29.3 Å². The summed E-state index contributed by atoms with van der Waals surface area (Å²) in [6, 6.07) is 12.4. The molecule has 0 spiro atoms. The Morgan fingerprint density at radius 1 is 1.18 bits per heavy atom. The maximum Gasteiger partial charge on any atom is 0.233 e. The summed E-state index contributed by atoms with van der Waals surface area (Å²) in [7, 11) is 0. The van der Waals surface area contributed by atoms with Crippen LogP contribution in [0.15, 0.2) is 36.4 Å². The minimum Gasteiger partial charge on any atom is -0.376 e. The predicted octanol–water partition coefficient (Wildman–Crippen LogP) is 4.98. The first-order valence-electron chi connectivity index (χ1n) is 9.85. The van der Waals surface area contributed by atoms with E-state index in [-0.39, 0.29) is 12.0 Å². The second kappa shape index (κ2) is 8.02. The number of amides is 1. The molecule has 1 aliphatic heterocycles. The molecule has 0 radical (unpaired) electrons. The van der Waals surface area contributed by atoms with E-state index in [1.165, 1.54) is 16.7 Å². The molecule has 0 bridgehead atoms. The number of nitrogens with zero attached hydrogens (tertiary/aromatic N) is 2. The van der Waals surface area contributed by atoms with Crippen molar-refractivity contribution in [2.75, 3.05) is 18.1 Å². The molecule has 4 nitrogen and oxygen atoms in total. The molecule has 0 saturated carbocycles. The van der Waals surface area contributed by atoms with Crippen molar-refractivity contribution in [2.45, 2.75) is 46.1 Å². The van der Waals surface area contributed by atoms with Gasteiger partial charge in [0.25, 0.3) is 0 Å². The van der Waals surface area contributed by atoms with Crippen molar-refractivity contribution in [1.29, 1.82) is 0 Å². The van der Waals surface area contributed by atoms with Crippen molar-refractivity contribution in [2.24, 2.45) is 0 Å². The molecule has 2 aromatic carbocycles. The summed E-state index contributed by atoms with van der Waals surface area (Å²) >= 11 is 1.60. The van der Waals surface area contributed by atoms with Crippen LogP contribution in [0.4, 0.5) is 5.13 Å². The molecular weight excluding hydrogens is 368 g/mol. The van der Waals surface area contributed by atoms with Gasteiger partial charge < -0.3 is 4.74 Å². The third kappa shape index (κ3) is 4.10. The van der Waals surface area contributed by atoms with Gasteiger partial charge in [-0.15, -0.1) is 0 Å². The quantitative estimate of drug-likeness (QED) is 0.613. The van der Waals surface area contributed by atoms with Crippen molar-refractivity contribution in [3.05, 3.63) is 58.7 Å². The lowest BCUT2D eigenvalue weighted by molar-refractivity contribution is -0.118. The summed E-state index contributed by atoms with van der Waals surface area (Å²) in [5, 5.41) is 0.774. The number of fused-ring (bicyclic) bond motifs is 1. The van der Waals surface area contributed by atoms with Crippen molar-refractivity contribution in [3.63, 3.8) is 0 Å². The number of thiazole rings is 1. The molecule has 0 aliphatic carbocycles. The van der Waals surface area contributed by atoms with Gasteiger partial charge in [-0.3, -0.25) is 9.69 Å². The third-order valence-electron chi connectivity index (χ3n) is 5.23. The lowest BCUT2D eigenvalue weighted by atomic mass is 10.1. The molecule has 1 amide bonds. The zero-order chi connectivity index (χ0) is 19.7. The smallest absolute Gasteiger partial charge is 0.233 e. The van der Waals surface area contributed by atoms with Crippen LogP contribution in [0, 0.1) is 20.8 Å². The highest BCUT2D eigenvalue weighted by atomic mass is 32.1. The number of aromatic nitrogens is 1. The van der Waals surface area contributed by atoms with Crippen LogP contribution in [0.25, 0.3) is 10.2 Å². The zero-order valence-corrected chi connectivity index (χ0v) is 17.5. The summed E-state index contributed by atoms with van der Waals surface area (Å²) in [4.78, 5) is 19.9. The van der Waals surface area contributed by atoms with Gasteiger partial charge in [-0.1, -0.05) is 47.2 Å². The van der Waals surface area contributed by atoms with E-state index in [9.17, 15) is 4.79 Å². The zero-order valence-electron chi connectivity index (χ0n) is 16.7. The molecule has 3 aromatic rings. The number of rotatable bonds is 5. The Labute approximate surface area is 170 Å². The van der Waals surface area contributed by atoms with Crippen molar-refractivity contribution >= 4 is 32.6 Å². The molecule has 0 N–H and O–H groups in total. The number of hydrogen-bond acceptors (Lipinski definition) is 4. The van der Waals surface area contributed by atoms with E-state index in [0.717, 1.165) is 40.4 Å². The predicted molar refractivity (Wildman–Crippen MR) is 115 cm³/mol. The lowest BCUT2D eigenvalue weighted by Gasteiger charge is -2.23. The number of hydrogen-bond donors (Lipinski definition) is 0. The first kappa shape index (κ1) is 19.1. The number of benzene rings is 2. The molecule has 1 fully saturated rings. The van der Waals surface area contributed by atoms with Gasteiger partial charge in [0, 0.05) is 6.61 Å². The Balaban J connectivity index is 1.65. The van der Waals surface area contributed by atoms with E-state index in [4.69, 9.17) is 9.72 Å². The normalized spacial score (nSPS) is 16.6. The number of ether oxygens (including phenoxy) is 1. The molecular formula is C23H26N2O2S. The summed E-state index contributed by atoms with van der Waals surface area (Å²) in [5.74, 6) is 0.0767. The highest BCUT2D eigenvalue weighted by Crippen LogP contribution is 2.33. The molecule has 2 heterocycles. The van der Waals surface area contributed by atoms with Crippen LogP contribution in [0.2, 0.25) is 0 Å². The minimum atomic E-state index is 0.0767. The first-order chi connectivity index (χ1) is 13.5. The molecule has 1 unspecified atom stereocenters. The highest BCUT2D eigenvalue weighted by molar-refractivity contribution is 7.22. The Kier molecular flexibility index (Phi) is 5.47. The number of aryl methyl sites for hydroxylation is 3. The number of anilines is 1. The summed E-state index contributed by atoms with van der Waals surface area (Å²) in [5.41, 5.74) is 5.60. The van der Waals surface area contributed by atoms with Gasteiger partial charge in [0.15, 0.2) is 5.13 Å². The second-order valence-electron chi connectivity index (χ2n) is 7.73. The van der Waals surface area contributed by atoms with Gasteiger partial charge in [0.2, 0.25) is 5.91 Å². The molecule has 1 saturated heterocycles. The van der Waals surface area contributed by atoms with E-state index in [1.807, 2.05) is 17.0 Å². The number of carbonyl (C=O) groups excluding carboxylic acids is 1. The fraction of sp³-hybridized carbons (Fsp3) is 0.391. The monoisotopic (exact) mass is 394 g/mol. The summed E-state index contributed by atoms with van der Waals surface area (Å²) in [6.07, 6.45) is 2.53. The Morgan fingerprint density at radius 2 is 1.96 bits per heavy atom. The fourth-order valence-electron chi connectivity index (χ4n) is 3.73. The average molecular weight is 395 g/mol. The van der Waals surface area contributed by atoms with Crippen LogP contribution < -0.4 is 4.90 Å². The Hall–Kier alpha value is -2.24. The summed E-state index contributed by atoms with van der Waals surface area (Å²) in [6.45, 7) is 7.60. The molecule has 1 aromatic heterocycles. The second-order valence-corrected chi connectivity index (χ2v) is 8.71. The van der Waals surface area contributed by atoms with Gasteiger partial charge in [-0.05, 0) is 56.4 Å². The van der Waals surface area contributed by atoms with Crippen LogP contribution in [0.5, 0.6) is 0 Å². The van der Waals surface area contributed by atoms with Crippen molar-refractivity contribution in [1.82, 2.24) is 4.98 Å². The molecule has 1 atom stereocenters. The van der Waals surface area contributed by atoms with E-state index in [0.29, 0.717) is 13.0 Å². The molecule has 4 rings (SSSR count). The van der Waals surface area contributed by atoms with Crippen molar-refractivity contribution < 1.29 is 9.53 Å². The van der Waals surface area contributed by atoms with E-state index >= 15 is 0 Å². The molecule has 1 aliphatic rings. The average Bonchev–Trinajstić information content (AvgIpc) is 3.31. The van der Waals surface area contributed by atoms with E-state index in [1.54, 1.807) is 11.3 Å². The Morgan fingerprint density at radius 3 is 2.68 bits per heavy atom. The largest absolute Gasteiger partial charge is 0.376 e. The van der Waals surface area contributed by atoms with Gasteiger partial charge >= 0.3 is 0 Å². The van der Waals surface area contributed by atoms with Gasteiger partial charge in [-0.25, -0.2) is 4.98 Å². The first-order valence-corrected chi connectivity index (χ1v) is 10.7. The van der Waals surface area contributed by atoms with Gasteiger partial charge in [-0.2, -0.15) is 0 Å². The van der Waals surface area contributed by atoms with Crippen molar-refractivity contribution in [3.8, 4) is 0 Å². The maximum absolute atomic E-state index is 13.3. The molecule has 5 heteroatoms. The van der Waals surface area contributed by atoms with Crippen LogP contribution in [0.3, 0.4) is 0 Å². The number of carbonyl (C=O) groups is 1. The van der Waals surface area contributed by atoms with Crippen LogP contribution in [-0.4, -0.2) is 30.1 Å². The highest BCUT2D eigenvalue weighted by Gasteiger charge is 2.26. The lowest BCUT2D eigenvalue weighted by Crippen LogP contribution is -2.38. The SMILES string of the molecule is Cc1ccc(CC(=O)N(CC2CCCO2)c2nc3cc(C)cc(C)c3s2)cc1. The third-order valence-corrected chi connectivity index (χ3v) is 6.46. The topological polar surface area (TPSA) is 42.4 Å². The maximum atomic E-state index is 13.3.